The maximum absolute atomic E-state index is 6.42. The average Bonchev–Trinajstić information content (AvgIpc) is 3.08. The predicted octanol–water partition coefficient (Wildman–Crippen LogP) is 1.06. The number of rotatable bonds is 3. The summed E-state index contributed by atoms with van der Waals surface area (Å²) in [5.41, 5.74) is 9.46. The van der Waals surface area contributed by atoms with Gasteiger partial charge < -0.3 is 5.73 Å². The quantitative estimate of drug-likeness (QED) is 0.904. The van der Waals surface area contributed by atoms with Gasteiger partial charge in [-0.15, -0.1) is 10.2 Å². The molecule has 2 N–H and O–H groups in total. The molecule has 1 aromatic carbocycles. The topological polar surface area (TPSA) is 69.6 Å². The largest absolute Gasteiger partial charge is 0.327 e. The van der Waals surface area contributed by atoms with Crippen LogP contribution in [0.3, 0.4) is 0 Å². The molecular weight excluding hydrogens is 250 g/mol. The van der Waals surface area contributed by atoms with Crippen LogP contribution in [0.5, 0.6) is 0 Å². The summed E-state index contributed by atoms with van der Waals surface area (Å²) in [7, 11) is 1.79. The summed E-state index contributed by atoms with van der Waals surface area (Å²) >= 11 is 0. The molecule has 0 amide bonds. The van der Waals surface area contributed by atoms with Crippen molar-refractivity contribution >= 4 is 0 Å². The minimum absolute atomic E-state index is 0.139. The molecule has 4 unspecified atom stereocenters. The highest BCUT2D eigenvalue weighted by Gasteiger charge is 2.55. The second-order valence-electron chi connectivity index (χ2n) is 6.07. The molecule has 0 spiro atoms. The van der Waals surface area contributed by atoms with Crippen molar-refractivity contribution in [3.05, 3.63) is 41.2 Å². The zero-order valence-corrected chi connectivity index (χ0v) is 11.6. The van der Waals surface area contributed by atoms with Crippen molar-refractivity contribution in [3.63, 3.8) is 0 Å². The van der Waals surface area contributed by atoms with Crippen LogP contribution in [-0.4, -0.2) is 26.2 Å². The molecule has 1 aromatic heterocycles. The van der Waals surface area contributed by atoms with E-state index >= 15 is 0 Å². The van der Waals surface area contributed by atoms with Crippen molar-refractivity contribution in [2.75, 3.05) is 0 Å². The van der Waals surface area contributed by atoms with Crippen LogP contribution in [0.1, 0.15) is 29.3 Å². The number of nitrogens with two attached hydrogens (primary N) is 1. The summed E-state index contributed by atoms with van der Waals surface area (Å²) in [6.45, 7) is 0. The third-order valence-electron chi connectivity index (χ3n) is 4.85. The number of hydrogen-bond acceptors (Lipinski definition) is 4. The van der Waals surface area contributed by atoms with Gasteiger partial charge in [-0.25, -0.2) is 0 Å². The standard InChI is InChI=1S/C15H19N5/c1-20-18-13(17-19-20)8-12(16)15-11-7-6-9-4-2-3-5-10(9)14(11)15/h2-5,11-12,14-15H,6-8,16H2,1H3. The molecule has 20 heavy (non-hydrogen) atoms. The van der Waals surface area contributed by atoms with E-state index in [1.54, 1.807) is 7.05 Å². The molecule has 2 aromatic rings. The molecule has 0 bridgehead atoms. The second-order valence-corrected chi connectivity index (χ2v) is 6.07. The van der Waals surface area contributed by atoms with Gasteiger partial charge >= 0.3 is 0 Å². The van der Waals surface area contributed by atoms with Crippen molar-refractivity contribution in [1.82, 2.24) is 20.2 Å². The Kier molecular flexibility index (Phi) is 2.63. The first-order valence-electron chi connectivity index (χ1n) is 7.30. The van der Waals surface area contributed by atoms with Crippen LogP contribution in [-0.2, 0) is 19.9 Å². The number of tetrazole rings is 1. The van der Waals surface area contributed by atoms with Gasteiger partial charge in [-0.05, 0) is 46.9 Å². The number of fused-ring (bicyclic) bond motifs is 3. The van der Waals surface area contributed by atoms with E-state index < -0.39 is 0 Å². The van der Waals surface area contributed by atoms with E-state index in [1.165, 1.54) is 28.8 Å². The molecule has 5 heteroatoms. The van der Waals surface area contributed by atoms with Crippen molar-refractivity contribution < 1.29 is 0 Å². The van der Waals surface area contributed by atoms with Crippen LogP contribution in [0.15, 0.2) is 24.3 Å². The van der Waals surface area contributed by atoms with Gasteiger partial charge in [0.2, 0.25) is 0 Å². The summed E-state index contributed by atoms with van der Waals surface area (Å²) in [6, 6.07) is 8.96. The Balaban J connectivity index is 1.52. The lowest BCUT2D eigenvalue weighted by atomic mass is 9.92. The third kappa shape index (κ3) is 1.85. The number of aromatic nitrogens is 4. The Hall–Kier alpha value is -1.75. The highest BCUT2D eigenvalue weighted by atomic mass is 15.6. The Morgan fingerprint density at radius 2 is 2.25 bits per heavy atom. The van der Waals surface area contributed by atoms with Gasteiger partial charge in [-0.2, -0.15) is 4.80 Å². The molecule has 1 saturated carbocycles. The van der Waals surface area contributed by atoms with E-state index in [-0.39, 0.29) is 6.04 Å². The summed E-state index contributed by atoms with van der Waals surface area (Å²) in [5, 5.41) is 12.2. The van der Waals surface area contributed by atoms with Crippen molar-refractivity contribution in [3.8, 4) is 0 Å². The van der Waals surface area contributed by atoms with Gasteiger partial charge in [0.15, 0.2) is 5.82 Å². The van der Waals surface area contributed by atoms with Gasteiger partial charge in [0.25, 0.3) is 0 Å². The molecule has 2 aliphatic carbocycles. The van der Waals surface area contributed by atoms with Gasteiger partial charge in [-0.3, -0.25) is 0 Å². The zero-order chi connectivity index (χ0) is 13.7. The molecule has 1 fully saturated rings. The van der Waals surface area contributed by atoms with Gasteiger partial charge in [0.1, 0.15) is 0 Å². The maximum atomic E-state index is 6.42. The first-order valence-corrected chi connectivity index (χ1v) is 7.30. The van der Waals surface area contributed by atoms with Crippen LogP contribution in [0.2, 0.25) is 0 Å². The smallest absolute Gasteiger partial charge is 0.176 e. The van der Waals surface area contributed by atoms with E-state index in [4.69, 9.17) is 5.73 Å². The fourth-order valence-electron chi connectivity index (χ4n) is 3.96. The molecule has 5 nitrogen and oxygen atoms in total. The van der Waals surface area contributed by atoms with E-state index in [0.717, 1.165) is 18.2 Å². The van der Waals surface area contributed by atoms with Crippen LogP contribution in [0.4, 0.5) is 0 Å². The van der Waals surface area contributed by atoms with Crippen molar-refractivity contribution in [2.45, 2.75) is 31.2 Å². The predicted molar refractivity (Wildman–Crippen MR) is 75.0 cm³/mol. The lowest BCUT2D eigenvalue weighted by Crippen LogP contribution is -2.27. The van der Waals surface area contributed by atoms with E-state index in [0.29, 0.717) is 11.8 Å². The fourth-order valence-corrected chi connectivity index (χ4v) is 3.96. The van der Waals surface area contributed by atoms with Crippen LogP contribution in [0, 0.1) is 11.8 Å². The van der Waals surface area contributed by atoms with Crippen molar-refractivity contribution in [1.29, 1.82) is 0 Å². The Morgan fingerprint density at radius 3 is 3.05 bits per heavy atom. The number of nitrogens with zero attached hydrogens (tertiary/aromatic N) is 4. The molecule has 4 atom stereocenters. The number of hydrogen-bond donors (Lipinski definition) is 1. The maximum Gasteiger partial charge on any atom is 0.176 e. The first-order chi connectivity index (χ1) is 9.74. The minimum atomic E-state index is 0.139. The van der Waals surface area contributed by atoms with Gasteiger partial charge in [0.05, 0.1) is 7.05 Å². The molecule has 0 radical (unpaired) electrons. The lowest BCUT2D eigenvalue weighted by Gasteiger charge is -2.13. The zero-order valence-electron chi connectivity index (χ0n) is 11.6. The van der Waals surface area contributed by atoms with Crippen LogP contribution in [0.25, 0.3) is 0 Å². The molecule has 0 saturated heterocycles. The highest BCUT2D eigenvalue weighted by molar-refractivity contribution is 5.40. The third-order valence-corrected chi connectivity index (χ3v) is 4.85. The number of benzene rings is 1. The first kappa shape index (κ1) is 12.0. The van der Waals surface area contributed by atoms with E-state index in [9.17, 15) is 0 Å². The monoisotopic (exact) mass is 269 g/mol. The van der Waals surface area contributed by atoms with Crippen LogP contribution >= 0.6 is 0 Å². The van der Waals surface area contributed by atoms with Crippen molar-refractivity contribution in [2.24, 2.45) is 24.6 Å². The molecular formula is C15H19N5. The molecule has 2 aliphatic rings. The summed E-state index contributed by atoms with van der Waals surface area (Å²) in [4.78, 5) is 1.50. The fraction of sp³-hybridized carbons (Fsp3) is 0.533. The van der Waals surface area contributed by atoms with E-state index in [2.05, 4.69) is 39.7 Å². The number of aryl methyl sites for hydroxylation is 2. The summed E-state index contributed by atoms with van der Waals surface area (Å²) in [5.74, 6) is 2.77. The Morgan fingerprint density at radius 1 is 1.40 bits per heavy atom. The second kappa shape index (κ2) is 4.38. The average molecular weight is 269 g/mol. The normalized spacial score (nSPS) is 28.6. The highest BCUT2D eigenvalue weighted by Crippen LogP contribution is 2.61. The SMILES string of the molecule is Cn1nnc(CC(N)C2C3CCc4ccccc4C32)n1. The van der Waals surface area contributed by atoms with E-state index in [1.807, 2.05) is 0 Å². The summed E-state index contributed by atoms with van der Waals surface area (Å²) in [6.07, 6.45) is 3.20. The molecule has 1 heterocycles. The van der Waals surface area contributed by atoms with Gasteiger partial charge in [-0.1, -0.05) is 24.3 Å². The molecule has 104 valence electrons. The Labute approximate surface area is 118 Å². The molecule has 4 rings (SSSR count). The summed E-state index contributed by atoms with van der Waals surface area (Å²) < 4.78 is 0. The van der Waals surface area contributed by atoms with Gasteiger partial charge in [0, 0.05) is 12.5 Å². The van der Waals surface area contributed by atoms with Crippen LogP contribution < -0.4 is 5.73 Å². The minimum Gasteiger partial charge on any atom is -0.327 e. The Bertz CT molecular complexity index is 635. The lowest BCUT2D eigenvalue weighted by molar-refractivity contribution is 0.520. The molecule has 0 aliphatic heterocycles.